The Morgan fingerprint density at radius 3 is 2.08 bits per heavy atom. The second kappa shape index (κ2) is 8.22. The van der Waals surface area contributed by atoms with E-state index in [0.717, 1.165) is 16.2 Å². The predicted octanol–water partition coefficient (Wildman–Crippen LogP) is 10.6. The lowest BCUT2D eigenvalue weighted by molar-refractivity contribution is 0.332. The Labute approximate surface area is 229 Å². The van der Waals surface area contributed by atoms with Gasteiger partial charge in [-0.05, 0) is 75.6 Å². The summed E-state index contributed by atoms with van der Waals surface area (Å²) in [7, 11) is 0. The second-order valence-electron chi connectivity index (χ2n) is 12.3. The van der Waals surface area contributed by atoms with Crippen LogP contribution in [0, 0.1) is 0 Å². The second-order valence-corrected chi connectivity index (χ2v) is 12.7. The maximum Gasteiger partial charge on any atom is 0.0619 e. The molecule has 0 saturated carbocycles. The molecule has 188 valence electrons. The molecule has 0 spiro atoms. The van der Waals surface area contributed by atoms with Crippen molar-refractivity contribution in [1.82, 2.24) is 4.57 Å². The molecule has 1 aromatic heterocycles. The molecule has 2 heteroatoms. The van der Waals surface area contributed by atoms with Crippen LogP contribution >= 0.6 is 11.6 Å². The summed E-state index contributed by atoms with van der Waals surface area (Å²) >= 11 is 6.52. The normalized spacial score (nSPS) is 16.2. The number of hydrogen-bond donors (Lipinski definition) is 0. The molecule has 0 N–H and O–H groups in total. The van der Waals surface area contributed by atoms with E-state index in [9.17, 15) is 0 Å². The van der Waals surface area contributed by atoms with E-state index in [1.165, 1.54) is 62.2 Å². The zero-order valence-electron chi connectivity index (χ0n) is 22.5. The van der Waals surface area contributed by atoms with Crippen molar-refractivity contribution in [2.75, 3.05) is 0 Å². The highest BCUT2D eigenvalue weighted by atomic mass is 35.5. The lowest BCUT2D eigenvalue weighted by Crippen LogP contribution is -2.33. The van der Waals surface area contributed by atoms with Crippen LogP contribution in [0.3, 0.4) is 0 Å². The van der Waals surface area contributed by atoms with Gasteiger partial charge in [0.2, 0.25) is 0 Å². The fourth-order valence-electron chi connectivity index (χ4n) is 6.59. The lowest BCUT2D eigenvalue weighted by Gasteiger charge is -2.42. The molecule has 0 aliphatic heterocycles. The molecule has 6 aromatic rings. The van der Waals surface area contributed by atoms with Crippen LogP contribution in [0.25, 0.3) is 49.4 Å². The van der Waals surface area contributed by atoms with Gasteiger partial charge in [0.05, 0.1) is 11.0 Å². The summed E-state index contributed by atoms with van der Waals surface area (Å²) in [6.45, 7) is 9.56. The molecule has 1 nitrogen and oxygen atoms in total. The SMILES string of the molecule is CC1(C)CCC(C)(C)c2cc(-c3ccc(-n4c5cc(Cl)ccc5c5ccc6ccccc6c54)cc3)ccc21. The number of benzene rings is 5. The summed E-state index contributed by atoms with van der Waals surface area (Å²) in [6.07, 6.45) is 2.46. The molecule has 1 heterocycles. The summed E-state index contributed by atoms with van der Waals surface area (Å²) in [4.78, 5) is 0. The minimum absolute atomic E-state index is 0.199. The standard InChI is InChI=1S/C36H32ClN/c1-35(2)19-20-36(3,4)32-21-25(12-18-31(32)35)23-9-14-27(15-10-23)38-33-22-26(37)13-17-29(33)30-16-11-24-7-5-6-8-28(24)34(30)38/h5-18,21-22H,19-20H2,1-4H3. The average molecular weight is 514 g/mol. The van der Waals surface area contributed by atoms with Gasteiger partial charge in [0.1, 0.15) is 0 Å². The van der Waals surface area contributed by atoms with E-state index >= 15 is 0 Å². The zero-order valence-corrected chi connectivity index (χ0v) is 23.2. The van der Waals surface area contributed by atoms with Crippen LogP contribution in [0.1, 0.15) is 51.7 Å². The number of fused-ring (bicyclic) bond motifs is 6. The molecule has 0 unspecified atom stereocenters. The van der Waals surface area contributed by atoms with Crippen molar-refractivity contribution in [3.8, 4) is 16.8 Å². The summed E-state index contributed by atoms with van der Waals surface area (Å²) in [5, 5.41) is 5.71. The topological polar surface area (TPSA) is 4.93 Å². The van der Waals surface area contributed by atoms with Crippen molar-refractivity contribution in [2.45, 2.75) is 51.4 Å². The van der Waals surface area contributed by atoms with Crippen LogP contribution in [0.4, 0.5) is 0 Å². The molecule has 5 aromatic carbocycles. The first kappa shape index (κ1) is 23.6. The van der Waals surface area contributed by atoms with Crippen LogP contribution in [0.15, 0.2) is 97.1 Å². The Balaban J connectivity index is 1.41. The van der Waals surface area contributed by atoms with Crippen molar-refractivity contribution in [3.05, 3.63) is 113 Å². The Hall–Kier alpha value is -3.55. The van der Waals surface area contributed by atoms with E-state index < -0.39 is 0 Å². The van der Waals surface area contributed by atoms with Crippen LogP contribution in [-0.2, 0) is 10.8 Å². The Morgan fingerprint density at radius 1 is 0.605 bits per heavy atom. The molecule has 1 aliphatic carbocycles. The van der Waals surface area contributed by atoms with Crippen LogP contribution in [0.5, 0.6) is 0 Å². The van der Waals surface area contributed by atoms with Crippen LogP contribution in [-0.4, -0.2) is 4.57 Å². The van der Waals surface area contributed by atoms with Crippen molar-refractivity contribution >= 4 is 44.2 Å². The van der Waals surface area contributed by atoms with Crippen molar-refractivity contribution in [3.63, 3.8) is 0 Å². The quantitative estimate of drug-likeness (QED) is 0.217. The largest absolute Gasteiger partial charge is 0.309 e. The zero-order chi connectivity index (χ0) is 26.2. The fraction of sp³-hybridized carbons (Fsp3) is 0.222. The number of halogens is 1. The Kier molecular flexibility index (Phi) is 5.10. The van der Waals surface area contributed by atoms with Gasteiger partial charge in [-0.25, -0.2) is 0 Å². The summed E-state index contributed by atoms with van der Waals surface area (Å²) in [5.74, 6) is 0. The Bertz CT molecular complexity index is 1870. The van der Waals surface area contributed by atoms with Gasteiger partial charge in [-0.3, -0.25) is 0 Å². The number of rotatable bonds is 2. The minimum Gasteiger partial charge on any atom is -0.309 e. The van der Waals surface area contributed by atoms with Crippen molar-refractivity contribution < 1.29 is 0 Å². The molecule has 0 saturated heterocycles. The van der Waals surface area contributed by atoms with Crippen LogP contribution < -0.4 is 0 Å². The first-order valence-electron chi connectivity index (χ1n) is 13.6. The third kappa shape index (κ3) is 3.52. The van der Waals surface area contributed by atoms with Gasteiger partial charge >= 0.3 is 0 Å². The number of aromatic nitrogens is 1. The predicted molar refractivity (Wildman–Crippen MR) is 164 cm³/mol. The van der Waals surface area contributed by atoms with Crippen molar-refractivity contribution in [2.24, 2.45) is 0 Å². The van der Waals surface area contributed by atoms with Gasteiger partial charge < -0.3 is 4.57 Å². The third-order valence-corrected chi connectivity index (χ3v) is 9.16. The molecule has 1 aliphatic rings. The van der Waals surface area contributed by atoms with Gasteiger partial charge in [0.25, 0.3) is 0 Å². The maximum absolute atomic E-state index is 6.52. The van der Waals surface area contributed by atoms with E-state index in [1.807, 2.05) is 6.07 Å². The molecule has 38 heavy (non-hydrogen) atoms. The number of hydrogen-bond acceptors (Lipinski definition) is 0. The number of nitrogens with zero attached hydrogens (tertiary/aromatic N) is 1. The van der Waals surface area contributed by atoms with Crippen LogP contribution in [0.2, 0.25) is 5.02 Å². The summed E-state index contributed by atoms with van der Waals surface area (Å²) < 4.78 is 2.38. The van der Waals surface area contributed by atoms with Gasteiger partial charge in [-0.2, -0.15) is 0 Å². The highest BCUT2D eigenvalue weighted by Gasteiger charge is 2.37. The highest BCUT2D eigenvalue weighted by molar-refractivity contribution is 6.32. The van der Waals surface area contributed by atoms with Gasteiger partial charge in [0.15, 0.2) is 0 Å². The van der Waals surface area contributed by atoms with E-state index in [4.69, 9.17) is 11.6 Å². The minimum atomic E-state index is 0.199. The molecule has 0 fully saturated rings. The monoisotopic (exact) mass is 513 g/mol. The van der Waals surface area contributed by atoms with E-state index in [-0.39, 0.29) is 10.8 Å². The molecular formula is C36H32ClN. The Morgan fingerprint density at radius 2 is 1.29 bits per heavy atom. The summed E-state index contributed by atoms with van der Waals surface area (Å²) in [5.41, 5.74) is 9.47. The lowest BCUT2D eigenvalue weighted by atomic mass is 9.63. The van der Waals surface area contributed by atoms with E-state index in [0.29, 0.717) is 0 Å². The molecule has 0 amide bonds. The fourth-order valence-corrected chi connectivity index (χ4v) is 6.76. The molecule has 0 radical (unpaired) electrons. The molecule has 7 rings (SSSR count). The highest BCUT2D eigenvalue weighted by Crippen LogP contribution is 2.47. The van der Waals surface area contributed by atoms with Gasteiger partial charge in [0, 0.05) is 26.9 Å². The first-order valence-corrected chi connectivity index (χ1v) is 14.0. The maximum atomic E-state index is 6.52. The molecule has 0 atom stereocenters. The first-order chi connectivity index (χ1) is 18.2. The molecular weight excluding hydrogens is 482 g/mol. The van der Waals surface area contributed by atoms with E-state index in [2.05, 4.69) is 123 Å². The smallest absolute Gasteiger partial charge is 0.0619 e. The summed E-state index contributed by atoms with van der Waals surface area (Å²) in [6, 6.07) is 35.5. The van der Waals surface area contributed by atoms with Crippen molar-refractivity contribution in [1.29, 1.82) is 0 Å². The third-order valence-electron chi connectivity index (χ3n) is 8.93. The van der Waals surface area contributed by atoms with Gasteiger partial charge in [-0.1, -0.05) is 112 Å². The average Bonchev–Trinajstić information content (AvgIpc) is 3.25. The van der Waals surface area contributed by atoms with E-state index in [1.54, 1.807) is 0 Å². The van der Waals surface area contributed by atoms with Gasteiger partial charge in [-0.15, -0.1) is 0 Å². The molecule has 0 bridgehead atoms.